The van der Waals surface area contributed by atoms with E-state index in [1.54, 1.807) is 0 Å². The summed E-state index contributed by atoms with van der Waals surface area (Å²) >= 11 is 12.2. The third-order valence-corrected chi connectivity index (χ3v) is 5.02. The molecular formula is C19H18Cl2N2O. The average Bonchev–Trinajstić information content (AvgIpc) is 3.00. The largest absolute Gasteiger partial charge is 0.468 e. The minimum atomic E-state index is -0.0755. The van der Waals surface area contributed by atoms with E-state index in [9.17, 15) is 0 Å². The summed E-state index contributed by atoms with van der Waals surface area (Å²) < 4.78 is 6.20. The van der Waals surface area contributed by atoms with Gasteiger partial charge in [0.25, 0.3) is 0 Å². The first-order valence-electron chi connectivity index (χ1n) is 8.11. The summed E-state index contributed by atoms with van der Waals surface area (Å²) in [6.07, 6.45) is 0.759. The van der Waals surface area contributed by atoms with Gasteiger partial charge in [-0.2, -0.15) is 5.10 Å². The van der Waals surface area contributed by atoms with Crippen molar-refractivity contribution in [3.8, 4) is 5.75 Å². The normalized spacial score (nSPS) is 22.0. The highest BCUT2D eigenvalue weighted by molar-refractivity contribution is 6.31. The molecule has 0 bridgehead atoms. The van der Waals surface area contributed by atoms with Crippen LogP contribution in [0.4, 0.5) is 0 Å². The van der Waals surface area contributed by atoms with E-state index >= 15 is 0 Å². The van der Waals surface area contributed by atoms with Gasteiger partial charge in [-0.1, -0.05) is 49.2 Å². The molecule has 0 saturated carbocycles. The van der Waals surface area contributed by atoms with E-state index in [0.29, 0.717) is 5.92 Å². The van der Waals surface area contributed by atoms with Crippen LogP contribution in [0.2, 0.25) is 10.0 Å². The number of halogens is 2. The lowest BCUT2D eigenvalue weighted by Crippen LogP contribution is -2.43. The molecule has 0 saturated heterocycles. The zero-order chi connectivity index (χ0) is 16.8. The van der Waals surface area contributed by atoms with E-state index in [4.69, 9.17) is 33.0 Å². The average molecular weight is 361 g/mol. The van der Waals surface area contributed by atoms with Crippen LogP contribution in [-0.2, 0) is 0 Å². The summed E-state index contributed by atoms with van der Waals surface area (Å²) in [7, 11) is 0. The van der Waals surface area contributed by atoms with Gasteiger partial charge < -0.3 is 4.74 Å². The van der Waals surface area contributed by atoms with Crippen LogP contribution in [0, 0.1) is 5.92 Å². The molecule has 0 aliphatic carbocycles. The molecule has 124 valence electrons. The maximum atomic E-state index is 6.21. The summed E-state index contributed by atoms with van der Waals surface area (Å²) in [5, 5.41) is 8.43. The van der Waals surface area contributed by atoms with Crippen LogP contribution in [0.15, 0.2) is 47.6 Å². The number of benzene rings is 2. The van der Waals surface area contributed by atoms with Crippen LogP contribution < -0.4 is 4.74 Å². The number of hydrogen-bond donors (Lipinski definition) is 0. The van der Waals surface area contributed by atoms with Crippen LogP contribution in [0.25, 0.3) is 0 Å². The van der Waals surface area contributed by atoms with E-state index < -0.39 is 0 Å². The van der Waals surface area contributed by atoms with Crippen molar-refractivity contribution in [3.05, 3.63) is 63.6 Å². The Morgan fingerprint density at radius 2 is 1.79 bits per heavy atom. The Kier molecular flexibility index (Phi) is 3.93. The lowest BCUT2D eigenvalue weighted by molar-refractivity contribution is -0.0461. The van der Waals surface area contributed by atoms with Crippen molar-refractivity contribution in [1.82, 2.24) is 5.01 Å². The van der Waals surface area contributed by atoms with Gasteiger partial charge in [-0.3, -0.25) is 0 Å². The molecule has 0 aromatic heterocycles. The molecule has 3 nitrogen and oxygen atoms in total. The van der Waals surface area contributed by atoms with Gasteiger partial charge in [0.05, 0.1) is 11.8 Å². The smallest absolute Gasteiger partial charge is 0.190 e. The van der Waals surface area contributed by atoms with Crippen molar-refractivity contribution >= 4 is 28.9 Å². The van der Waals surface area contributed by atoms with Crippen molar-refractivity contribution < 1.29 is 4.74 Å². The number of ether oxygens (including phenoxy) is 1. The summed E-state index contributed by atoms with van der Waals surface area (Å²) in [6.45, 7) is 4.30. The standard InChI is InChI=1S/C19H18Cl2N2O/c1-11(2)19-23-17(15-9-14(21)7-8-18(15)24-19)10-16(22-23)12-3-5-13(20)6-4-12/h3-9,11,17,19H,10H2,1-2H3/t17-,19+/m0/s1. The quantitative estimate of drug-likeness (QED) is 0.704. The maximum Gasteiger partial charge on any atom is 0.190 e. The van der Waals surface area contributed by atoms with E-state index in [-0.39, 0.29) is 12.3 Å². The second-order valence-electron chi connectivity index (χ2n) is 6.59. The van der Waals surface area contributed by atoms with Gasteiger partial charge in [0.1, 0.15) is 5.75 Å². The number of fused-ring (bicyclic) bond motifs is 3. The fourth-order valence-corrected chi connectivity index (χ4v) is 3.65. The van der Waals surface area contributed by atoms with Crippen molar-refractivity contribution in [2.45, 2.75) is 32.5 Å². The minimum Gasteiger partial charge on any atom is -0.468 e. The van der Waals surface area contributed by atoms with Crippen molar-refractivity contribution in [3.63, 3.8) is 0 Å². The molecule has 0 fully saturated rings. The van der Waals surface area contributed by atoms with E-state index in [1.807, 2.05) is 42.5 Å². The first kappa shape index (κ1) is 15.8. The Hall–Kier alpha value is -1.71. The number of hydrogen-bond acceptors (Lipinski definition) is 3. The molecule has 2 aliphatic rings. The third-order valence-electron chi connectivity index (χ3n) is 4.53. The van der Waals surface area contributed by atoms with Gasteiger partial charge >= 0.3 is 0 Å². The Morgan fingerprint density at radius 1 is 1.08 bits per heavy atom. The highest BCUT2D eigenvalue weighted by Gasteiger charge is 2.41. The lowest BCUT2D eigenvalue weighted by Gasteiger charge is -2.40. The molecule has 2 aromatic rings. The molecule has 0 spiro atoms. The van der Waals surface area contributed by atoms with E-state index in [0.717, 1.165) is 39.1 Å². The highest BCUT2D eigenvalue weighted by Crippen LogP contribution is 2.45. The minimum absolute atomic E-state index is 0.0755. The maximum absolute atomic E-state index is 6.21. The van der Waals surface area contributed by atoms with Crippen molar-refractivity contribution in [2.24, 2.45) is 11.0 Å². The zero-order valence-electron chi connectivity index (χ0n) is 13.5. The third kappa shape index (κ3) is 2.66. The molecule has 2 aromatic carbocycles. The fourth-order valence-electron chi connectivity index (χ4n) is 3.34. The Morgan fingerprint density at radius 3 is 2.50 bits per heavy atom. The second-order valence-corrected chi connectivity index (χ2v) is 7.46. The van der Waals surface area contributed by atoms with E-state index in [1.165, 1.54) is 0 Å². The Balaban J connectivity index is 1.75. The molecule has 0 amide bonds. The monoisotopic (exact) mass is 360 g/mol. The summed E-state index contributed by atoms with van der Waals surface area (Å²) in [5.74, 6) is 1.23. The van der Waals surface area contributed by atoms with Gasteiger partial charge in [-0.05, 0) is 35.9 Å². The fraction of sp³-hybridized carbons (Fsp3) is 0.316. The second kappa shape index (κ2) is 5.98. The van der Waals surface area contributed by atoms with Crippen LogP contribution >= 0.6 is 23.2 Å². The van der Waals surface area contributed by atoms with Crippen molar-refractivity contribution in [2.75, 3.05) is 0 Å². The topological polar surface area (TPSA) is 24.8 Å². The first-order valence-corrected chi connectivity index (χ1v) is 8.86. The molecule has 0 unspecified atom stereocenters. The molecule has 5 heteroatoms. The van der Waals surface area contributed by atoms with Gasteiger partial charge in [-0.25, -0.2) is 5.01 Å². The Labute approximate surface area is 151 Å². The van der Waals surface area contributed by atoms with Gasteiger partial charge in [-0.15, -0.1) is 0 Å². The van der Waals surface area contributed by atoms with Crippen molar-refractivity contribution in [1.29, 1.82) is 0 Å². The molecule has 0 N–H and O–H groups in total. The van der Waals surface area contributed by atoms with Gasteiger partial charge in [0, 0.05) is 27.9 Å². The molecule has 2 atom stereocenters. The van der Waals surface area contributed by atoms with Crippen LogP contribution in [0.3, 0.4) is 0 Å². The first-order chi connectivity index (χ1) is 11.5. The number of hydrazone groups is 1. The number of nitrogens with zero attached hydrogens (tertiary/aromatic N) is 2. The summed E-state index contributed by atoms with van der Waals surface area (Å²) in [4.78, 5) is 0. The van der Waals surface area contributed by atoms with Crippen LogP contribution in [0.1, 0.15) is 37.4 Å². The molecule has 2 aliphatic heterocycles. The molecule has 2 heterocycles. The lowest BCUT2D eigenvalue weighted by atomic mass is 9.95. The molecule has 4 rings (SSSR count). The summed E-state index contributed by atoms with van der Waals surface area (Å²) in [5.41, 5.74) is 3.26. The molecule has 0 radical (unpaired) electrons. The zero-order valence-corrected chi connectivity index (χ0v) is 15.1. The molecular weight excluding hydrogens is 343 g/mol. The highest BCUT2D eigenvalue weighted by atomic mass is 35.5. The SMILES string of the molecule is CC(C)[C@H]1Oc2ccc(Cl)cc2[C@@H]2CC(c3ccc(Cl)cc3)=NN12. The van der Waals surface area contributed by atoms with Gasteiger partial charge in [0.15, 0.2) is 6.23 Å². The molecule has 24 heavy (non-hydrogen) atoms. The van der Waals surface area contributed by atoms with Crippen LogP contribution in [0.5, 0.6) is 5.75 Å². The number of rotatable bonds is 2. The summed E-state index contributed by atoms with van der Waals surface area (Å²) in [6, 6.07) is 13.8. The van der Waals surface area contributed by atoms with Gasteiger partial charge in [0.2, 0.25) is 0 Å². The predicted octanol–water partition coefficient (Wildman–Crippen LogP) is 5.52. The predicted molar refractivity (Wildman–Crippen MR) is 97.9 cm³/mol. The van der Waals surface area contributed by atoms with E-state index in [2.05, 4.69) is 18.9 Å². The Bertz CT molecular complexity index is 802. The van der Waals surface area contributed by atoms with Crippen LogP contribution in [-0.4, -0.2) is 16.9 Å².